The second kappa shape index (κ2) is 7.80. The van der Waals surface area contributed by atoms with E-state index in [0.29, 0.717) is 5.89 Å². The molecule has 1 N–H and O–H groups in total. The van der Waals surface area contributed by atoms with Gasteiger partial charge in [0.25, 0.3) is 0 Å². The number of aromatic nitrogens is 1. The van der Waals surface area contributed by atoms with E-state index in [1.54, 1.807) is 6.26 Å². The fourth-order valence-electron chi connectivity index (χ4n) is 2.39. The fourth-order valence-corrected chi connectivity index (χ4v) is 2.52. The molecule has 1 aliphatic rings. The average Bonchev–Trinajstić information content (AvgIpc) is 2.76. The minimum Gasteiger partial charge on any atom is -0.444 e. The van der Waals surface area contributed by atoms with Crippen LogP contribution in [0.4, 0.5) is 0 Å². The van der Waals surface area contributed by atoms with E-state index in [1.165, 1.54) is 6.42 Å². The molecule has 21 heavy (non-hydrogen) atoms. The number of halogens is 2. The van der Waals surface area contributed by atoms with Gasteiger partial charge in [0.05, 0.1) is 5.69 Å². The molecule has 0 amide bonds. The SMILES string of the molecule is Cl.Clc1ccc(-c2nc(CN3CCCNCC3)co2)cc1. The molecule has 1 aromatic heterocycles. The van der Waals surface area contributed by atoms with Gasteiger partial charge in [0.15, 0.2) is 0 Å². The van der Waals surface area contributed by atoms with Crippen molar-refractivity contribution in [2.24, 2.45) is 0 Å². The average molecular weight is 328 g/mol. The minimum atomic E-state index is 0. The van der Waals surface area contributed by atoms with Gasteiger partial charge in [-0.25, -0.2) is 4.98 Å². The summed E-state index contributed by atoms with van der Waals surface area (Å²) in [5.74, 6) is 0.657. The van der Waals surface area contributed by atoms with E-state index in [0.717, 1.165) is 49.0 Å². The Bertz CT molecular complexity index is 548. The number of nitrogens with zero attached hydrogens (tertiary/aromatic N) is 2. The summed E-state index contributed by atoms with van der Waals surface area (Å²) < 4.78 is 5.57. The van der Waals surface area contributed by atoms with E-state index in [-0.39, 0.29) is 12.4 Å². The van der Waals surface area contributed by atoms with Gasteiger partial charge >= 0.3 is 0 Å². The van der Waals surface area contributed by atoms with Crippen LogP contribution in [0.1, 0.15) is 12.1 Å². The molecule has 2 aromatic rings. The maximum absolute atomic E-state index is 5.89. The van der Waals surface area contributed by atoms with Crippen molar-refractivity contribution in [3.05, 3.63) is 41.2 Å². The zero-order valence-corrected chi connectivity index (χ0v) is 13.3. The van der Waals surface area contributed by atoms with E-state index in [9.17, 15) is 0 Å². The van der Waals surface area contributed by atoms with Gasteiger partial charge < -0.3 is 9.73 Å². The third-order valence-electron chi connectivity index (χ3n) is 3.46. The van der Waals surface area contributed by atoms with Gasteiger partial charge in [-0.1, -0.05) is 11.6 Å². The Morgan fingerprint density at radius 3 is 2.81 bits per heavy atom. The lowest BCUT2D eigenvalue weighted by Gasteiger charge is -2.17. The number of benzene rings is 1. The molecule has 0 saturated carbocycles. The Morgan fingerprint density at radius 1 is 1.19 bits per heavy atom. The first-order chi connectivity index (χ1) is 9.81. The topological polar surface area (TPSA) is 41.3 Å². The second-order valence-electron chi connectivity index (χ2n) is 5.03. The Balaban J connectivity index is 0.00000161. The molecule has 114 valence electrons. The Labute approximate surface area is 135 Å². The molecule has 0 atom stereocenters. The highest BCUT2D eigenvalue weighted by atomic mass is 35.5. The summed E-state index contributed by atoms with van der Waals surface area (Å²) in [7, 11) is 0. The van der Waals surface area contributed by atoms with Crippen LogP contribution >= 0.6 is 24.0 Å². The van der Waals surface area contributed by atoms with Crippen molar-refractivity contribution in [2.45, 2.75) is 13.0 Å². The summed E-state index contributed by atoms with van der Waals surface area (Å²) in [6, 6.07) is 7.55. The molecule has 0 spiro atoms. The Kier molecular flexibility index (Phi) is 6.06. The monoisotopic (exact) mass is 327 g/mol. The third-order valence-corrected chi connectivity index (χ3v) is 3.71. The number of nitrogens with one attached hydrogen (secondary N) is 1. The molecule has 4 nitrogen and oxygen atoms in total. The van der Waals surface area contributed by atoms with Crippen molar-refractivity contribution in [3.8, 4) is 11.5 Å². The molecule has 0 unspecified atom stereocenters. The van der Waals surface area contributed by atoms with E-state index in [4.69, 9.17) is 16.0 Å². The van der Waals surface area contributed by atoms with E-state index < -0.39 is 0 Å². The highest BCUT2D eigenvalue weighted by Crippen LogP contribution is 2.21. The predicted octanol–water partition coefficient (Wildman–Crippen LogP) is 3.21. The normalized spacial score (nSPS) is 16.2. The van der Waals surface area contributed by atoms with Crippen LogP contribution in [0.15, 0.2) is 34.9 Å². The van der Waals surface area contributed by atoms with E-state index in [1.807, 2.05) is 24.3 Å². The molecule has 2 heterocycles. The maximum Gasteiger partial charge on any atom is 0.226 e. The van der Waals surface area contributed by atoms with Gasteiger partial charge in [-0.15, -0.1) is 12.4 Å². The van der Waals surface area contributed by atoms with Crippen molar-refractivity contribution in [3.63, 3.8) is 0 Å². The zero-order chi connectivity index (χ0) is 13.8. The van der Waals surface area contributed by atoms with Gasteiger partial charge in [-0.3, -0.25) is 4.90 Å². The van der Waals surface area contributed by atoms with Gasteiger partial charge in [-0.2, -0.15) is 0 Å². The van der Waals surface area contributed by atoms with Crippen LogP contribution in [0.2, 0.25) is 5.02 Å². The van der Waals surface area contributed by atoms with Crippen molar-refractivity contribution in [2.75, 3.05) is 26.2 Å². The third kappa shape index (κ3) is 4.45. The lowest BCUT2D eigenvalue weighted by Crippen LogP contribution is -2.27. The molecular formula is C15H19Cl2N3O. The summed E-state index contributed by atoms with van der Waals surface area (Å²) in [5, 5.41) is 4.12. The standard InChI is InChI=1S/C15H18ClN3O.ClH/c16-13-4-2-12(3-5-13)15-18-14(11-20-15)10-19-8-1-6-17-7-9-19;/h2-5,11,17H,1,6-10H2;1H. The van der Waals surface area contributed by atoms with Crippen LogP contribution in [0, 0.1) is 0 Å². The predicted molar refractivity (Wildman–Crippen MR) is 87.0 cm³/mol. The smallest absolute Gasteiger partial charge is 0.226 e. The summed E-state index contributed by atoms with van der Waals surface area (Å²) in [5.41, 5.74) is 1.94. The number of rotatable bonds is 3. The van der Waals surface area contributed by atoms with Crippen LogP contribution in [0.3, 0.4) is 0 Å². The van der Waals surface area contributed by atoms with Gasteiger partial charge in [-0.05, 0) is 43.8 Å². The first kappa shape index (κ1) is 16.3. The molecule has 0 aliphatic carbocycles. The van der Waals surface area contributed by atoms with Crippen molar-refractivity contribution in [1.82, 2.24) is 15.2 Å². The van der Waals surface area contributed by atoms with Crippen LogP contribution < -0.4 is 5.32 Å². The van der Waals surface area contributed by atoms with E-state index in [2.05, 4.69) is 15.2 Å². The van der Waals surface area contributed by atoms with Crippen LogP contribution in [0.5, 0.6) is 0 Å². The zero-order valence-electron chi connectivity index (χ0n) is 11.7. The van der Waals surface area contributed by atoms with E-state index >= 15 is 0 Å². The number of oxazole rings is 1. The van der Waals surface area contributed by atoms with Crippen LogP contribution in [0.25, 0.3) is 11.5 Å². The number of hydrogen-bond donors (Lipinski definition) is 1. The molecule has 3 rings (SSSR count). The van der Waals surface area contributed by atoms with Gasteiger partial charge in [0.1, 0.15) is 6.26 Å². The Hall–Kier alpha value is -1.07. The first-order valence-corrected chi connectivity index (χ1v) is 7.32. The highest BCUT2D eigenvalue weighted by molar-refractivity contribution is 6.30. The lowest BCUT2D eigenvalue weighted by atomic mass is 10.2. The summed E-state index contributed by atoms with van der Waals surface area (Å²) >= 11 is 5.89. The molecule has 6 heteroatoms. The van der Waals surface area contributed by atoms with Gasteiger partial charge in [0.2, 0.25) is 5.89 Å². The van der Waals surface area contributed by atoms with Crippen molar-refractivity contribution < 1.29 is 4.42 Å². The second-order valence-corrected chi connectivity index (χ2v) is 5.47. The molecule has 1 aromatic carbocycles. The van der Waals surface area contributed by atoms with Crippen LogP contribution in [-0.4, -0.2) is 36.1 Å². The summed E-state index contributed by atoms with van der Waals surface area (Å²) in [6.07, 6.45) is 2.93. The highest BCUT2D eigenvalue weighted by Gasteiger charge is 2.12. The van der Waals surface area contributed by atoms with Crippen molar-refractivity contribution >= 4 is 24.0 Å². The largest absolute Gasteiger partial charge is 0.444 e. The summed E-state index contributed by atoms with van der Waals surface area (Å²) in [4.78, 5) is 6.97. The first-order valence-electron chi connectivity index (χ1n) is 6.95. The molecule has 1 fully saturated rings. The van der Waals surface area contributed by atoms with Gasteiger partial charge in [0, 0.05) is 30.2 Å². The molecule has 0 radical (unpaired) electrons. The molecule has 1 saturated heterocycles. The van der Waals surface area contributed by atoms with Crippen molar-refractivity contribution in [1.29, 1.82) is 0 Å². The quantitative estimate of drug-likeness (QED) is 0.939. The maximum atomic E-state index is 5.89. The van der Waals surface area contributed by atoms with Crippen LogP contribution in [-0.2, 0) is 6.54 Å². The molecular weight excluding hydrogens is 309 g/mol. The molecule has 1 aliphatic heterocycles. The lowest BCUT2D eigenvalue weighted by molar-refractivity contribution is 0.281. The summed E-state index contributed by atoms with van der Waals surface area (Å²) in [6.45, 7) is 5.16. The minimum absolute atomic E-state index is 0. The molecule has 0 bridgehead atoms. The fraction of sp³-hybridized carbons (Fsp3) is 0.400. The number of hydrogen-bond acceptors (Lipinski definition) is 4. The Morgan fingerprint density at radius 2 is 2.00 bits per heavy atom.